The lowest BCUT2D eigenvalue weighted by molar-refractivity contribution is -0.306. The molecule has 0 aliphatic carbocycles. The summed E-state index contributed by atoms with van der Waals surface area (Å²) >= 11 is 0. The number of carboxylic acid groups (broad SMARTS) is 2. The highest BCUT2D eigenvalue weighted by Gasteiger charge is 2.08. The summed E-state index contributed by atoms with van der Waals surface area (Å²) in [7, 11) is 0. The smallest absolute Gasteiger partial charge is 0.330 e. The van der Waals surface area contributed by atoms with Crippen LogP contribution < -0.4 is 10.8 Å². The number of aliphatic carboxylic acids is 2. The number of nitrogens with two attached hydrogens (primary N) is 1. The number of carboxylic acids is 2. The molecule has 0 aromatic rings. The summed E-state index contributed by atoms with van der Waals surface area (Å²) < 4.78 is 18.7. The van der Waals surface area contributed by atoms with Gasteiger partial charge in [0.05, 0.1) is 18.9 Å². The molecule has 0 aromatic carbocycles. The van der Waals surface area contributed by atoms with Gasteiger partial charge in [-0.25, -0.2) is 9.59 Å². The van der Waals surface area contributed by atoms with Crippen LogP contribution in [-0.2, 0) is 47.7 Å². The highest BCUT2D eigenvalue weighted by molar-refractivity contribution is 5.81. The third-order valence-electron chi connectivity index (χ3n) is 3.58. The van der Waals surface area contributed by atoms with Gasteiger partial charge in [-0.15, -0.1) is 0 Å². The maximum absolute atomic E-state index is 11.4. The van der Waals surface area contributed by atoms with Crippen molar-refractivity contribution in [3.05, 3.63) is 25.3 Å². The molecule has 14 nitrogen and oxygen atoms in total. The molecule has 0 aromatic heterocycles. The zero-order valence-electron chi connectivity index (χ0n) is 21.3. The first kappa shape index (κ1) is 41.4. The Bertz CT molecular complexity index is 703. The van der Waals surface area contributed by atoms with E-state index in [0.29, 0.717) is 25.9 Å². The van der Waals surface area contributed by atoms with Crippen molar-refractivity contribution in [2.75, 3.05) is 52.6 Å². The van der Waals surface area contributed by atoms with Gasteiger partial charge in [0.1, 0.15) is 26.4 Å². The van der Waals surface area contributed by atoms with Crippen LogP contribution in [0.2, 0.25) is 0 Å². The first-order valence-corrected chi connectivity index (χ1v) is 11.2. The first-order valence-electron chi connectivity index (χ1n) is 11.2. The first-order chi connectivity index (χ1) is 17.5. The van der Waals surface area contributed by atoms with Gasteiger partial charge in [-0.2, -0.15) is 0 Å². The topological polar surface area (TPSA) is 212 Å². The van der Waals surface area contributed by atoms with E-state index in [0.717, 1.165) is 12.2 Å². The van der Waals surface area contributed by atoms with E-state index >= 15 is 0 Å². The quantitative estimate of drug-likeness (QED) is 0.101. The summed E-state index contributed by atoms with van der Waals surface area (Å²) in [6, 6.07) is 0. The number of nitrogens with zero attached hydrogens (tertiary/aromatic N) is 1. The van der Waals surface area contributed by atoms with Crippen LogP contribution in [0.1, 0.15) is 40.5 Å². The molecule has 0 radical (unpaired) electrons. The molecular formula is C24H41N2O12-. The minimum absolute atomic E-state index is 0. The fourth-order valence-electron chi connectivity index (χ4n) is 1.84. The SMILES string of the molecule is C.C=CC(=O)OCCOC(=O)C=C.CCCC(=O)OCCOC(=O)CCN(CC)CC(=O)[O-].NCC(=O)O. The van der Waals surface area contributed by atoms with Gasteiger partial charge in [0, 0.05) is 31.7 Å². The Morgan fingerprint density at radius 2 is 1.24 bits per heavy atom. The summed E-state index contributed by atoms with van der Waals surface area (Å²) in [6.07, 6.45) is 3.22. The summed E-state index contributed by atoms with van der Waals surface area (Å²) in [6.45, 7) is 10.5. The van der Waals surface area contributed by atoms with E-state index in [9.17, 15) is 33.9 Å². The van der Waals surface area contributed by atoms with Crippen molar-refractivity contribution in [1.29, 1.82) is 0 Å². The lowest BCUT2D eigenvalue weighted by Gasteiger charge is -2.20. The van der Waals surface area contributed by atoms with E-state index in [1.54, 1.807) is 11.8 Å². The highest BCUT2D eigenvalue weighted by atomic mass is 16.6. The Hall–Kier alpha value is -3.78. The van der Waals surface area contributed by atoms with Crippen molar-refractivity contribution in [2.45, 2.75) is 40.5 Å². The van der Waals surface area contributed by atoms with Crippen molar-refractivity contribution in [3.8, 4) is 0 Å². The van der Waals surface area contributed by atoms with E-state index in [2.05, 4.69) is 28.4 Å². The molecule has 0 amide bonds. The summed E-state index contributed by atoms with van der Waals surface area (Å²) in [5.74, 6) is -3.98. The predicted molar refractivity (Wildman–Crippen MR) is 134 cm³/mol. The van der Waals surface area contributed by atoms with Gasteiger partial charge in [0.25, 0.3) is 0 Å². The number of carbonyl (C=O) groups is 6. The second-order valence-electron chi connectivity index (χ2n) is 6.52. The molecule has 0 rings (SSSR count). The maximum Gasteiger partial charge on any atom is 0.330 e. The van der Waals surface area contributed by atoms with Crippen LogP contribution in [0, 0.1) is 0 Å². The molecule has 3 N–H and O–H groups in total. The second kappa shape index (κ2) is 29.5. The Morgan fingerprint density at radius 1 is 0.842 bits per heavy atom. The molecule has 38 heavy (non-hydrogen) atoms. The molecule has 0 aliphatic heterocycles. The van der Waals surface area contributed by atoms with Gasteiger partial charge in [-0.3, -0.25) is 19.3 Å². The second-order valence-corrected chi connectivity index (χ2v) is 6.52. The van der Waals surface area contributed by atoms with Crippen molar-refractivity contribution in [2.24, 2.45) is 5.73 Å². The van der Waals surface area contributed by atoms with E-state index in [-0.39, 0.29) is 59.3 Å². The third kappa shape index (κ3) is 34.4. The zero-order chi connectivity index (χ0) is 29.1. The predicted octanol–water partition coefficient (Wildman–Crippen LogP) is -0.555. The number of rotatable bonds is 17. The molecule has 0 heterocycles. The Morgan fingerprint density at radius 3 is 1.55 bits per heavy atom. The van der Waals surface area contributed by atoms with Crippen LogP contribution >= 0.6 is 0 Å². The molecule has 0 saturated carbocycles. The van der Waals surface area contributed by atoms with Crippen LogP contribution in [0.15, 0.2) is 25.3 Å². The van der Waals surface area contributed by atoms with Gasteiger partial charge in [0.2, 0.25) is 0 Å². The van der Waals surface area contributed by atoms with E-state index < -0.39 is 29.8 Å². The van der Waals surface area contributed by atoms with Crippen LogP contribution in [0.4, 0.5) is 0 Å². The van der Waals surface area contributed by atoms with Gasteiger partial charge >= 0.3 is 29.8 Å². The third-order valence-corrected chi connectivity index (χ3v) is 3.58. The molecule has 0 bridgehead atoms. The molecular weight excluding hydrogens is 508 g/mol. The number of carbonyl (C=O) groups excluding carboxylic acids is 5. The lowest BCUT2D eigenvalue weighted by atomic mass is 10.3. The van der Waals surface area contributed by atoms with Crippen molar-refractivity contribution in [1.82, 2.24) is 4.90 Å². The Labute approximate surface area is 223 Å². The van der Waals surface area contributed by atoms with Gasteiger partial charge in [0.15, 0.2) is 0 Å². The number of likely N-dealkylation sites (N-methyl/N-ethyl adjacent to an activating group) is 1. The van der Waals surface area contributed by atoms with E-state index in [1.807, 2.05) is 6.92 Å². The average Bonchev–Trinajstić information content (AvgIpc) is 2.87. The number of esters is 4. The van der Waals surface area contributed by atoms with Crippen molar-refractivity contribution >= 4 is 35.8 Å². The minimum Gasteiger partial charge on any atom is -0.549 e. The zero-order valence-corrected chi connectivity index (χ0v) is 21.3. The Balaban J connectivity index is -0.000000272. The van der Waals surface area contributed by atoms with E-state index in [1.165, 1.54) is 0 Å². The minimum atomic E-state index is -1.18. The molecule has 0 unspecified atom stereocenters. The summed E-state index contributed by atoms with van der Waals surface area (Å²) in [5, 5.41) is 18.0. The maximum atomic E-state index is 11.4. The number of hydrogen-bond donors (Lipinski definition) is 2. The van der Waals surface area contributed by atoms with Crippen LogP contribution in [0.5, 0.6) is 0 Å². The largest absolute Gasteiger partial charge is 0.549 e. The van der Waals surface area contributed by atoms with Gasteiger partial charge in [-0.1, -0.05) is 34.4 Å². The van der Waals surface area contributed by atoms with Crippen molar-refractivity contribution in [3.63, 3.8) is 0 Å². The van der Waals surface area contributed by atoms with Crippen molar-refractivity contribution < 1.29 is 57.9 Å². The number of hydrogen-bond acceptors (Lipinski definition) is 13. The number of ether oxygens (including phenoxy) is 4. The summed E-state index contributed by atoms with van der Waals surface area (Å²) in [5.41, 5.74) is 4.57. The highest BCUT2D eigenvalue weighted by Crippen LogP contribution is 1.95. The lowest BCUT2D eigenvalue weighted by Crippen LogP contribution is -2.39. The molecule has 14 heteroatoms. The molecule has 0 aliphatic rings. The molecule has 0 atom stereocenters. The molecule has 0 fully saturated rings. The fourth-order valence-corrected chi connectivity index (χ4v) is 1.84. The van der Waals surface area contributed by atoms with Crippen LogP contribution in [-0.4, -0.2) is 98.4 Å². The molecule has 0 spiro atoms. The van der Waals surface area contributed by atoms with E-state index in [4.69, 9.17) is 14.6 Å². The normalized spacial score (nSPS) is 9.05. The van der Waals surface area contributed by atoms with Crippen LogP contribution in [0.25, 0.3) is 0 Å². The standard InChI is InChI=1S/C13H23NO6.C8H10O4.C2H5NO2.CH4/c1-3-5-12(17)19-8-9-20-13(18)6-7-14(4-2)10-11(15)16;1-3-7(9)11-5-6-12-8(10)4-2;3-1-2(4)5;/h3-10H2,1-2H3,(H,15,16);3-4H,1-2,5-6H2;1,3H2,(H,4,5);1H4/p-1. The molecule has 0 saturated heterocycles. The van der Waals surface area contributed by atoms with Gasteiger partial charge < -0.3 is 39.7 Å². The fraction of sp³-hybridized carbons (Fsp3) is 0.583. The Kier molecular flexibility index (Phi) is 32.0. The molecule has 220 valence electrons. The monoisotopic (exact) mass is 549 g/mol. The van der Waals surface area contributed by atoms with Crippen LogP contribution in [0.3, 0.4) is 0 Å². The van der Waals surface area contributed by atoms with Gasteiger partial charge in [-0.05, 0) is 13.0 Å². The summed E-state index contributed by atoms with van der Waals surface area (Å²) in [4.78, 5) is 64.5. The average molecular weight is 550 g/mol.